The number of benzene rings is 1. The summed E-state index contributed by atoms with van der Waals surface area (Å²) in [5.41, 5.74) is -0.219. The van der Waals surface area contributed by atoms with Crippen molar-refractivity contribution < 1.29 is 18.7 Å². The average molecular weight is 497 g/mol. The highest BCUT2D eigenvalue weighted by Gasteiger charge is 2.48. The zero-order chi connectivity index (χ0) is 26.3. The molecule has 0 spiro atoms. The Morgan fingerprint density at radius 2 is 1.83 bits per heavy atom. The molecule has 3 atom stereocenters. The number of carbonyl (C=O) groups is 1. The van der Waals surface area contributed by atoms with Gasteiger partial charge in [-0.25, -0.2) is 0 Å². The Morgan fingerprint density at radius 3 is 2.34 bits per heavy atom. The topological polar surface area (TPSA) is 90.5 Å². The molecule has 2 heterocycles. The molecular formula is C27H36N2O5Si. The zero-order valence-electron chi connectivity index (χ0n) is 22.1. The molecule has 0 saturated carbocycles. The van der Waals surface area contributed by atoms with Crippen molar-refractivity contribution in [2.75, 3.05) is 0 Å². The molecule has 188 valence electrons. The Bertz CT molecular complexity index is 1220. The number of hydrogen-bond acceptors (Lipinski definition) is 6. The molecule has 1 aliphatic rings. The van der Waals surface area contributed by atoms with Crippen molar-refractivity contribution in [1.82, 2.24) is 4.57 Å². The number of nitriles is 1. The third kappa shape index (κ3) is 5.07. The molecule has 1 aromatic heterocycles. The van der Waals surface area contributed by atoms with Crippen LogP contribution in [0.5, 0.6) is 5.75 Å². The fraction of sp³-hybridized carbons (Fsp3) is 0.519. The summed E-state index contributed by atoms with van der Waals surface area (Å²) in [6.45, 7) is 17.6. The van der Waals surface area contributed by atoms with Gasteiger partial charge in [-0.05, 0) is 69.1 Å². The first-order valence-electron chi connectivity index (χ1n) is 11.9. The lowest BCUT2D eigenvalue weighted by Gasteiger charge is -2.45. The summed E-state index contributed by atoms with van der Waals surface area (Å²) >= 11 is 0. The number of aromatic nitrogens is 1. The van der Waals surface area contributed by atoms with Crippen molar-refractivity contribution >= 4 is 15.0 Å². The zero-order valence-corrected chi connectivity index (χ0v) is 23.3. The van der Waals surface area contributed by atoms with Crippen molar-refractivity contribution in [2.45, 2.75) is 84.9 Å². The first-order valence-corrected chi connectivity index (χ1v) is 14.7. The number of pyridine rings is 1. The van der Waals surface area contributed by atoms with Gasteiger partial charge in [0.2, 0.25) is 0 Å². The van der Waals surface area contributed by atoms with Crippen LogP contribution in [-0.4, -0.2) is 31.3 Å². The van der Waals surface area contributed by atoms with Gasteiger partial charge >= 0.3 is 5.97 Å². The molecule has 0 amide bonds. The van der Waals surface area contributed by atoms with Gasteiger partial charge in [-0.2, -0.15) is 5.26 Å². The number of fused-ring (bicyclic) bond motifs is 1. The quantitative estimate of drug-likeness (QED) is 0.441. The van der Waals surface area contributed by atoms with Crippen LogP contribution in [0.2, 0.25) is 13.1 Å². The van der Waals surface area contributed by atoms with Crippen LogP contribution in [0.1, 0.15) is 71.2 Å². The summed E-state index contributed by atoms with van der Waals surface area (Å²) in [5, 5.41) is 9.48. The van der Waals surface area contributed by atoms with Crippen LogP contribution >= 0.6 is 0 Å². The second-order valence-electron chi connectivity index (χ2n) is 11.2. The van der Waals surface area contributed by atoms with Gasteiger partial charge in [0, 0.05) is 24.8 Å². The van der Waals surface area contributed by atoms with E-state index in [0.717, 1.165) is 5.56 Å². The largest absolute Gasteiger partial charge is 0.484 e. The number of carbonyl (C=O) groups excluding carboxylic acids is 1. The normalized spacial score (nSPS) is 20.8. The van der Waals surface area contributed by atoms with Crippen molar-refractivity contribution in [3.8, 4) is 11.8 Å². The minimum Gasteiger partial charge on any atom is -0.484 e. The minimum atomic E-state index is -1.43. The molecule has 7 nitrogen and oxygen atoms in total. The van der Waals surface area contributed by atoms with Crippen LogP contribution in [0.4, 0.5) is 0 Å². The molecule has 1 unspecified atom stereocenters. The van der Waals surface area contributed by atoms with Gasteiger partial charge in [-0.1, -0.05) is 20.8 Å². The lowest BCUT2D eigenvalue weighted by Crippen LogP contribution is -2.54. The Balaban J connectivity index is 2.24. The van der Waals surface area contributed by atoms with E-state index in [1.54, 1.807) is 35.0 Å². The lowest BCUT2D eigenvalue weighted by atomic mass is 9.74. The number of esters is 1. The number of nitrogens with zero attached hydrogens (tertiary/aromatic N) is 2. The molecule has 0 saturated heterocycles. The smallest absolute Gasteiger partial charge is 0.303 e. The summed E-state index contributed by atoms with van der Waals surface area (Å²) in [7, 11) is -1.43. The molecule has 0 radical (unpaired) electrons. The molecule has 3 rings (SSSR count). The second kappa shape index (κ2) is 9.28. The van der Waals surface area contributed by atoms with E-state index >= 15 is 0 Å². The van der Waals surface area contributed by atoms with E-state index in [0.29, 0.717) is 16.9 Å². The highest BCUT2D eigenvalue weighted by atomic mass is 28.3. The predicted octanol–water partition coefficient (Wildman–Crippen LogP) is 4.67. The van der Waals surface area contributed by atoms with Gasteiger partial charge in [-0.3, -0.25) is 9.59 Å². The van der Waals surface area contributed by atoms with E-state index in [2.05, 4.69) is 39.9 Å². The first-order chi connectivity index (χ1) is 16.1. The van der Waals surface area contributed by atoms with Gasteiger partial charge in [0.1, 0.15) is 17.4 Å². The van der Waals surface area contributed by atoms with E-state index in [4.69, 9.17) is 13.9 Å². The van der Waals surface area contributed by atoms with Gasteiger partial charge in [-0.15, -0.1) is 0 Å². The lowest BCUT2D eigenvalue weighted by molar-refractivity contribution is -0.163. The van der Waals surface area contributed by atoms with Crippen LogP contribution < -0.4 is 10.3 Å². The Morgan fingerprint density at radius 1 is 1.17 bits per heavy atom. The Labute approximate surface area is 209 Å². The van der Waals surface area contributed by atoms with Crippen molar-refractivity contribution in [3.63, 3.8) is 0 Å². The van der Waals surface area contributed by atoms with Crippen LogP contribution in [0.25, 0.3) is 0 Å². The van der Waals surface area contributed by atoms with Crippen molar-refractivity contribution in [2.24, 2.45) is 5.41 Å². The molecule has 1 aromatic carbocycles. The van der Waals surface area contributed by atoms with Gasteiger partial charge in [0.05, 0.1) is 17.2 Å². The van der Waals surface area contributed by atoms with Crippen molar-refractivity contribution in [1.29, 1.82) is 5.26 Å². The Kier molecular flexibility index (Phi) is 7.08. The average Bonchev–Trinajstić information content (AvgIpc) is 2.72. The molecule has 0 fully saturated rings. The first kappa shape index (κ1) is 26.7. The molecule has 0 N–H and O–H groups in total. The van der Waals surface area contributed by atoms with Crippen molar-refractivity contribution in [3.05, 3.63) is 63.6 Å². The minimum absolute atomic E-state index is 0.250. The summed E-state index contributed by atoms with van der Waals surface area (Å²) in [5.74, 6) is 0.0730. The molecule has 0 bridgehead atoms. The standard InChI is InChI=1S/C27H36N2O5Si/c1-17(30)32-24-23(20-14-18(16-28)10-11-21(20)33-26(24,5)6)29-13-12-19(15-22(29)31)27(7,25(2,3)4)34-35(8)9/h10-15,23-24,35H,1-9H3/t23-,24+,27?/m0/s1. The van der Waals surface area contributed by atoms with Crippen LogP contribution in [0.3, 0.4) is 0 Å². The molecular weight excluding hydrogens is 460 g/mol. The maximum Gasteiger partial charge on any atom is 0.303 e. The van der Waals surface area contributed by atoms with E-state index in [1.807, 2.05) is 26.8 Å². The summed E-state index contributed by atoms with van der Waals surface area (Å²) in [6.07, 6.45) is 0.941. The number of ether oxygens (including phenoxy) is 2. The van der Waals surface area contributed by atoms with E-state index < -0.39 is 38.4 Å². The van der Waals surface area contributed by atoms with Crippen LogP contribution in [0, 0.1) is 16.7 Å². The molecule has 8 heteroatoms. The van der Waals surface area contributed by atoms with Crippen LogP contribution in [0.15, 0.2) is 41.3 Å². The fourth-order valence-electron chi connectivity index (χ4n) is 4.67. The van der Waals surface area contributed by atoms with E-state index in [-0.39, 0.29) is 11.0 Å². The summed E-state index contributed by atoms with van der Waals surface area (Å²) < 4.78 is 20.0. The predicted molar refractivity (Wildman–Crippen MR) is 137 cm³/mol. The monoisotopic (exact) mass is 496 g/mol. The van der Waals surface area contributed by atoms with E-state index in [9.17, 15) is 14.9 Å². The molecule has 0 aliphatic carbocycles. The maximum atomic E-state index is 13.7. The molecule has 1 aliphatic heterocycles. The molecule has 2 aromatic rings. The number of rotatable bonds is 5. The van der Waals surface area contributed by atoms with Gasteiger partial charge in [0.25, 0.3) is 5.56 Å². The second-order valence-corrected chi connectivity index (χ2v) is 13.5. The third-order valence-corrected chi connectivity index (χ3v) is 7.74. The maximum absolute atomic E-state index is 13.7. The highest BCUT2D eigenvalue weighted by molar-refractivity contribution is 6.48. The number of hydrogen-bond donors (Lipinski definition) is 0. The van der Waals surface area contributed by atoms with E-state index in [1.165, 1.54) is 6.92 Å². The summed E-state index contributed by atoms with van der Waals surface area (Å²) in [6, 6.07) is 10.1. The van der Waals surface area contributed by atoms with Gasteiger partial charge in [0.15, 0.2) is 15.1 Å². The van der Waals surface area contributed by atoms with Crippen LogP contribution in [-0.2, 0) is 19.6 Å². The Hall–Kier alpha value is -2.89. The fourth-order valence-corrected chi connectivity index (χ4v) is 6.11. The van der Waals surface area contributed by atoms with Gasteiger partial charge < -0.3 is 18.5 Å². The third-order valence-electron chi connectivity index (χ3n) is 6.80. The summed E-state index contributed by atoms with van der Waals surface area (Å²) in [4.78, 5) is 25.7. The SMILES string of the molecule is CC(=O)O[C@@H]1[C@@H](n2ccc(C(C)(O[SiH](C)C)C(C)(C)C)cc2=O)c2cc(C#N)ccc2OC1(C)C. The molecule has 35 heavy (non-hydrogen) atoms. The highest BCUT2D eigenvalue weighted by Crippen LogP contribution is 2.45.